The molecule has 1 heterocycles. The van der Waals surface area contributed by atoms with Gasteiger partial charge in [0.15, 0.2) is 0 Å². The van der Waals surface area contributed by atoms with E-state index in [2.05, 4.69) is 17.6 Å². The van der Waals surface area contributed by atoms with Crippen LogP contribution >= 0.6 is 0 Å². The molecule has 0 aliphatic carbocycles. The van der Waals surface area contributed by atoms with Crippen molar-refractivity contribution < 1.29 is 9.53 Å². The Bertz CT molecular complexity index is 482. The predicted octanol–water partition coefficient (Wildman–Crippen LogP) is 2.00. The molecule has 5 nitrogen and oxygen atoms in total. The Morgan fingerprint density at radius 2 is 2.30 bits per heavy atom. The molecule has 0 spiro atoms. The van der Waals surface area contributed by atoms with Crippen molar-refractivity contribution in [1.29, 1.82) is 0 Å². The minimum Gasteiger partial charge on any atom is -0.399 e. The molecule has 0 aromatic heterocycles. The van der Waals surface area contributed by atoms with E-state index in [0.717, 1.165) is 25.1 Å². The van der Waals surface area contributed by atoms with Crippen molar-refractivity contribution in [3.8, 4) is 0 Å². The van der Waals surface area contributed by atoms with Crippen LogP contribution in [0.3, 0.4) is 0 Å². The average Bonchev–Trinajstić information content (AvgIpc) is 2.84. The van der Waals surface area contributed by atoms with E-state index in [9.17, 15) is 4.79 Å². The lowest BCUT2D eigenvalue weighted by Gasteiger charge is -2.25. The minimum atomic E-state index is -0.164. The zero-order chi connectivity index (χ0) is 14.6. The number of nitrogen functional groups attached to an aromatic ring is 1. The van der Waals surface area contributed by atoms with Crippen molar-refractivity contribution in [2.45, 2.75) is 32.3 Å². The molecule has 1 aliphatic heterocycles. The number of anilines is 2. The van der Waals surface area contributed by atoms with E-state index in [4.69, 9.17) is 10.5 Å². The summed E-state index contributed by atoms with van der Waals surface area (Å²) in [6, 6.07) is 5.28. The summed E-state index contributed by atoms with van der Waals surface area (Å²) in [6.45, 7) is 6.06. The van der Waals surface area contributed by atoms with Gasteiger partial charge in [0.05, 0.1) is 11.2 Å². The molecule has 1 aromatic carbocycles. The van der Waals surface area contributed by atoms with Gasteiger partial charge in [0.25, 0.3) is 5.91 Å². The number of hydrogen-bond acceptors (Lipinski definition) is 4. The molecule has 110 valence electrons. The number of amides is 1. The monoisotopic (exact) mass is 277 g/mol. The van der Waals surface area contributed by atoms with Gasteiger partial charge in [-0.3, -0.25) is 4.79 Å². The zero-order valence-corrected chi connectivity index (χ0v) is 12.2. The molecule has 1 saturated heterocycles. The molecular weight excluding hydrogens is 254 g/mol. The number of nitrogens with one attached hydrogen (secondary N) is 2. The third kappa shape index (κ3) is 3.42. The Morgan fingerprint density at radius 3 is 2.95 bits per heavy atom. The normalized spacial score (nSPS) is 21.7. The first kappa shape index (κ1) is 14.7. The van der Waals surface area contributed by atoms with Gasteiger partial charge in [-0.2, -0.15) is 0 Å². The Labute approximate surface area is 119 Å². The highest BCUT2D eigenvalue weighted by Gasteiger charge is 2.29. The average molecular weight is 277 g/mol. The van der Waals surface area contributed by atoms with E-state index >= 15 is 0 Å². The highest BCUT2D eigenvalue weighted by Crippen LogP contribution is 2.27. The number of carbonyl (C=O) groups is 1. The van der Waals surface area contributed by atoms with Crippen molar-refractivity contribution >= 4 is 17.3 Å². The van der Waals surface area contributed by atoms with Crippen molar-refractivity contribution in [3.63, 3.8) is 0 Å². The lowest BCUT2D eigenvalue weighted by Crippen LogP contribution is -2.33. The summed E-state index contributed by atoms with van der Waals surface area (Å²) in [5.41, 5.74) is 7.66. The number of hydrogen-bond donors (Lipinski definition) is 3. The van der Waals surface area contributed by atoms with Gasteiger partial charge in [0.2, 0.25) is 0 Å². The number of carbonyl (C=O) groups excluding carboxylic acids is 1. The first-order valence-corrected chi connectivity index (χ1v) is 7.09. The van der Waals surface area contributed by atoms with Crippen molar-refractivity contribution in [2.75, 3.05) is 30.7 Å². The van der Waals surface area contributed by atoms with Crippen molar-refractivity contribution in [1.82, 2.24) is 5.32 Å². The highest BCUT2D eigenvalue weighted by molar-refractivity contribution is 6.00. The van der Waals surface area contributed by atoms with Gasteiger partial charge >= 0.3 is 0 Å². The summed E-state index contributed by atoms with van der Waals surface area (Å²) in [5.74, 6) is -0.0903. The second kappa shape index (κ2) is 6.13. The molecule has 1 amide bonds. The number of benzene rings is 1. The van der Waals surface area contributed by atoms with E-state index in [-0.39, 0.29) is 11.5 Å². The first-order chi connectivity index (χ1) is 9.54. The Morgan fingerprint density at radius 1 is 1.50 bits per heavy atom. The van der Waals surface area contributed by atoms with Gasteiger partial charge < -0.3 is 21.1 Å². The maximum atomic E-state index is 12.0. The summed E-state index contributed by atoms with van der Waals surface area (Å²) in [6.07, 6.45) is 2.11. The molecule has 5 heteroatoms. The summed E-state index contributed by atoms with van der Waals surface area (Å²) < 4.78 is 5.75. The summed E-state index contributed by atoms with van der Waals surface area (Å²) in [5, 5.41) is 6.12. The molecule has 4 N–H and O–H groups in total. The number of ether oxygens (including phenoxy) is 1. The molecule has 0 radical (unpaired) electrons. The Kier molecular flexibility index (Phi) is 4.49. The quantitative estimate of drug-likeness (QED) is 0.719. The third-order valence-corrected chi connectivity index (χ3v) is 3.58. The molecule has 1 atom stereocenters. The van der Waals surface area contributed by atoms with Gasteiger partial charge in [-0.15, -0.1) is 0 Å². The van der Waals surface area contributed by atoms with Crippen LogP contribution in [0.5, 0.6) is 0 Å². The van der Waals surface area contributed by atoms with Crippen LogP contribution in [0.25, 0.3) is 0 Å². The van der Waals surface area contributed by atoms with Crippen LogP contribution in [0, 0.1) is 0 Å². The highest BCUT2D eigenvalue weighted by atomic mass is 16.5. The molecule has 0 saturated carbocycles. The van der Waals surface area contributed by atoms with E-state index in [1.165, 1.54) is 0 Å². The standard InChI is InChI=1S/C15H23N3O2/c1-3-17-14(19)12-6-5-11(16)9-13(12)18-10-15(2)7-4-8-20-15/h5-6,9,18H,3-4,7-8,10,16H2,1-2H3,(H,17,19). The van der Waals surface area contributed by atoms with Crippen molar-refractivity contribution in [3.05, 3.63) is 23.8 Å². The second-order valence-electron chi connectivity index (χ2n) is 5.42. The number of nitrogens with two attached hydrogens (primary N) is 1. The van der Waals surface area contributed by atoms with E-state index in [0.29, 0.717) is 24.3 Å². The predicted molar refractivity (Wildman–Crippen MR) is 80.9 cm³/mol. The van der Waals surface area contributed by atoms with Gasteiger partial charge in [-0.1, -0.05) is 0 Å². The largest absolute Gasteiger partial charge is 0.399 e. The molecule has 1 unspecified atom stereocenters. The molecule has 2 rings (SSSR count). The van der Waals surface area contributed by atoms with Crippen LogP contribution in [0.2, 0.25) is 0 Å². The summed E-state index contributed by atoms with van der Waals surface area (Å²) in [4.78, 5) is 12.0. The van der Waals surface area contributed by atoms with E-state index < -0.39 is 0 Å². The van der Waals surface area contributed by atoms with E-state index in [1.54, 1.807) is 18.2 Å². The van der Waals surface area contributed by atoms with Crippen molar-refractivity contribution in [2.24, 2.45) is 0 Å². The summed E-state index contributed by atoms with van der Waals surface area (Å²) in [7, 11) is 0. The maximum Gasteiger partial charge on any atom is 0.253 e. The molecule has 1 aliphatic rings. The topological polar surface area (TPSA) is 76.4 Å². The Hall–Kier alpha value is -1.75. The van der Waals surface area contributed by atoms with Crippen LogP contribution in [-0.4, -0.2) is 31.2 Å². The maximum absolute atomic E-state index is 12.0. The van der Waals surface area contributed by atoms with Gasteiger partial charge in [0.1, 0.15) is 0 Å². The summed E-state index contributed by atoms with van der Waals surface area (Å²) >= 11 is 0. The van der Waals surface area contributed by atoms with Crippen LogP contribution in [0.4, 0.5) is 11.4 Å². The van der Waals surface area contributed by atoms with Gasteiger partial charge in [-0.25, -0.2) is 0 Å². The van der Waals surface area contributed by atoms with Crippen LogP contribution in [0.15, 0.2) is 18.2 Å². The second-order valence-corrected chi connectivity index (χ2v) is 5.42. The molecule has 1 fully saturated rings. The lowest BCUT2D eigenvalue weighted by atomic mass is 10.0. The lowest BCUT2D eigenvalue weighted by molar-refractivity contribution is 0.0315. The first-order valence-electron chi connectivity index (χ1n) is 7.09. The molecule has 20 heavy (non-hydrogen) atoms. The third-order valence-electron chi connectivity index (χ3n) is 3.58. The fraction of sp³-hybridized carbons (Fsp3) is 0.533. The van der Waals surface area contributed by atoms with Gasteiger partial charge in [-0.05, 0) is 44.9 Å². The fourth-order valence-corrected chi connectivity index (χ4v) is 2.42. The van der Waals surface area contributed by atoms with E-state index in [1.807, 2.05) is 6.92 Å². The molecular formula is C15H23N3O2. The van der Waals surface area contributed by atoms with Gasteiger partial charge in [0, 0.05) is 31.1 Å². The zero-order valence-electron chi connectivity index (χ0n) is 12.2. The minimum absolute atomic E-state index is 0.0903. The molecule has 1 aromatic rings. The van der Waals surface area contributed by atoms with Crippen LogP contribution < -0.4 is 16.4 Å². The van der Waals surface area contributed by atoms with Crippen LogP contribution in [0.1, 0.15) is 37.0 Å². The number of rotatable bonds is 5. The SMILES string of the molecule is CCNC(=O)c1ccc(N)cc1NCC1(C)CCCO1. The Balaban J connectivity index is 2.12. The smallest absolute Gasteiger partial charge is 0.253 e. The van der Waals surface area contributed by atoms with Crippen LogP contribution in [-0.2, 0) is 4.74 Å². The molecule has 0 bridgehead atoms. The fourth-order valence-electron chi connectivity index (χ4n) is 2.42.